The topological polar surface area (TPSA) is 26.3 Å². The third kappa shape index (κ3) is 1.32. The number of Topliss-reactive ketones (excluding diaryl/α,β-unsaturated/α-hetero) is 1. The van der Waals surface area contributed by atoms with Crippen LogP contribution in [-0.2, 0) is 9.53 Å². The molecule has 1 saturated heterocycles. The molecule has 0 amide bonds. The van der Waals surface area contributed by atoms with Gasteiger partial charge in [-0.1, -0.05) is 25.5 Å². The molecule has 2 rings (SSSR count). The molecule has 0 saturated carbocycles. The first kappa shape index (κ1) is 10.2. The van der Waals surface area contributed by atoms with E-state index in [1.807, 2.05) is 19.1 Å². The lowest BCUT2D eigenvalue weighted by atomic mass is 9.86. The number of alkyl halides is 1. The SMILES string of the molecule is CCC[C@@H]1C(=O)[C@H](Cl)[C@@]2(C)C=C[C@@H]1O2. The summed E-state index contributed by atoms with van der Waals surface area (Å²) in [7, 11) is 0. The van der Waals surface area contributed by atoms with Crippen molar-refractivity contribution in [1.29, 1.82) is 0 Å². The van der Waals surface area contributed by atoms with E-state index in [1.165, 1.54) is 0 Å². The molecule has 2 bridgehead atoms. The van der Waals surface area contributed by atoms with E-state index in [1.54, 1.807) is 0 Å². The Morgan fingerprint density at radius 3 is 3.00 bits per heavy atom. The van der Waals surface area contributed by atoms with Crippen molar-refractivity contribution in [2.75, 3.05) is 0 Å². The molecule has 0 radical (unpaired) electrons. The molecule has 3 heteroatoms. The van der Waals surface area contributed by atoms with Gasteiger partial charge in [-0.2, -0.15) is 0 Å². The zero-order valence-corrected chi connectivity index (χ0v) is 9.25. The van der Waals surface area contributed by atoms with Crippen LogP contribution in [0.15, 0.2) is 12.2 Å². The summed E-state index contributed by atoms with van der Waals surface area (Å²) in [4.78, 5) is 11.9. The first-order valence-corrected chi connectivity index (χ1v) is 5.57. The Kier molecular flexibility index (Phi) is 2.44. The fourth-order valence-corrected chi connectivity index (χ4v) is 2.55. The minimum absolute atomic E-state index is 0.0330. The Hall–Kier alpha value is -0.340. The molecule has 2 nitrogen and oxygen atoms in total. The number of ether oxygens (including phenoxy) is 1. The number of halogens is 1. The Labute approximate surface area is 89.3 Å². The summed E-state index contributed by atoms with van der Waals surface area (Å²) >= 11 is 6.11. The molecule has 0 aromatic heterocycles. The third-order valence-electron chi connectivity index (χ3n) is 3.12. The van der Waals surface area contributed by atoms with Gasteiger partial charge in [0.1, 0.15) is 11.0 Å². The van der Waals surface area contributed by atoms with Crippen molar-refractivity contribution in [2.45, 2.75) is 43.8 Å². The minimum Gasteiger partial charge on any atom is -0.361 e. The molecule has 78 valence electrons. The Bertz CT molecular complexity index is 287. The van der Waals surface area contributed by atoms with Crippen LogP contribution in [-0.4, -0.2) is 22.9 Å². The van der Waals surface area contributed by atoms with Crippen molar-refractivity contribution in [3.63, 3.8) is 0 Å². The largest absolute Gasteiger partial charge is 0.361 e. The minimum atomic E-state index is -0.562. The molecule has 2 aliphatic heterocycles. The first-order valence-electron chi connectivity index (χ1n) is 5.13. The fraction of sp³-hybridized carbons (Fsp3) is 0.727. The molecule has 0 aromatic rings. The standard InChI is InChI=1S/C11H15ClO2/c1-3-4-7-8-5-6-11(2,14-8)10(12)9(7)13/h5-8,10H,3-4H2,1-2H3/t7-,8-,10-,11+/m0/s1. The van der Waals surface area contributed by atoms with Crippen LogP contribution >= 0.6 is 11.6 Å². The van der Waals surface area contributed by atoms with Gasteiger partial charge in [0.15, 0.2) is 5.78 Å². The highest BCUT2D eigenvalue weighted by molar-refractivity contribution is 6.33. The second-order valence-electron chi connectivity index (χ2n) is 4.29. The number of fused-ring (bicyclic) bond motifs is 2. The maximum absolute atomic E-state index is 11.9. The fourth-order valence-electron chi connectivity index (χ4n) is 2.27. The molecule has 2 aliphatic rings. The van der Waals surface area contributed by atoms with Crippen LogP contribution in [0.1, 0.15) is 26.7 Å². The highest BCUT2D eigenvalue weighted by Crippen LogP contribution is 2.41. The lowest BCUT2D eigenvalue weighted by Crippen LogP contribution is -2.51. The van der Waals surface area contributed by atoms with E-state index >= 15 is 0 Å². The molecule has 2 heterocycles. The van der Waals surface area contributed by atoms with E-state index in [9.17, 15) is 4.79 Å². The van der Waals surface area contributed by atoms with E-state index in [4.69, 9.17) is 16.3 Å². The molecule has 14 heavy (non-hydrogen) atoms. The lowest BCUT2D eigenvalue weighted by Gasteiger charge is -2.38. The van der Waals surface area contributed by atoms with Gasteiger partial charge in [-0.3, -0.25) is 4.79 Å². The van der Waals surface area contributed by atoms with Crippen molar-refractivity contribution in [1.82, 2.24) is 0 Å². The highest BCUT2D eigenvalue weighted by atomic mass is 35.5. The van der Waals surface area contributed by atoms with Gasteiger partial charge in [0.2, 0.25) is 0 Å². The van der Waals surface area contributed by atoms with Gasteiger partial charge in [0, 0.05) is 5.92 Å². The van der Waals surface area contributed by atoms with Gasteiger partial charge in [-0.05, 0) is 13.3 Å². The van der Waals surface area contributed by atoms with Crippen LogP contribution < -0.4 is 0 Å². The van der Waals surface area contributed by atoms with Gasteiger partial charge in [-0.25, -0.2) is 0 Å². The van der Waals surface area contributed by atoms with Gasteiger partial charge in [-0.15, -0.1) is 11.6 Å². The smallest absolute Gasteiger partial charge is 0.159 e. The zero-order chi connectivity index (χ0) is 10.3. The predicted molar refractivity (Wildman–Crippen MR) is 55.5 cm³/mol. The first-order chi connectivity index (χ1) is 6.58. The van der Waals surface area contributed by atoms with Gasteiger partial charge in [0.25, 0.3) is 0 Å². The van der Waals surface area contributed by atoms with Gasteiger partial charge in [0.05, 0.1) is 6.10 Å². The molecule has 4 atom stereocenters. The van der Waals surface area contributed by atoms with Crippen molar-refractivity contribution in [2.24, 2.45) is 5.92 Å². The second-order valence-corrected chi connectivity index (χ2v) is 4.72. The van der Waals surface area contributed by atoms with Crippen LogP contribution in [0.25, 0.3) is 0 Å². The van der Waals surface area contributed by atoms with Crippen LogP contribution in [0.4, 0.5) is 0 Å². The van der Waals surface area contributed by atoms with Gasteiger partial charge >= 0.3 is 0 Å². The number of hydrogen-bond donors (Lipinski definition) is 0. The number of carbonyl (C=O) groups excluding carboxylic acids is 1. The normalized spacial score (nSPS) is 45.9. The van der Waals surface area contributed by atoms with E-state index in [2.05, 4.69) is 6.92 Å². The number of hydrogen-bond acceptors (Lipinski definition) is 2. The summed E-state index contributed by atoms with van der Waals surface area (Å²) < 4.78 is 5.77. The average molecular weight is 215 g/mol. The predicted octanol–water partition coefficient (Wildman–Crippen LogP) is 2.31. The number of ketones is 1. The Morgan fingerprint density at radius 2 is 2.36 bits per heavy atom. The summed E-state index contributed by atoms with van der Waals surface area (Å²) in [6, 6.07) is 0. The molecule has 0 N–H and O–H groups in total. The van der Waals surface area contributed by atoms with Crippen molar-refractivity contribution in [3.8, 4) is 0 Å². The average Bonchev–Trinajstić information content (AvgIpc) is 2.52. The molecule has 0 unspecified atom stereocenters. The van der Waals surface area contributed by atoms with E-state index in [0.717, 1.165) is 12.8 Å². The van der Waals surface area contributed by atoms with Gasteiger partial charge < -0.3 is 4.74 Å². The monoisotopic (exact) mass is 214 g/mol. The van der Waals surface area contributed by atoms with Crippen molar-refractivity contribution >= 4 is 17.4 Å². The maximum Gasteiger partial charge on any atom is 0.159 e. The van der Waals surface area contributed by atoms with Crippen molar-refractivity contribution in [3.05, 3.63) is 12.2 Å². The van der Waals surface area contributed by atoms with Crippen LogP contribution in [0.3, 0.4) is 0 Å². The maximum atomic E-state index is 11.9. The second kappa shape index (κ2) is 3.35. The quantitative estimate of drug-likeness (QED) is 0.521. The summed E-state index contributed by atoms with van der Waals surface area (Å²) in [5, 5.41) is -0.519. The number of carbonyl (C=O) groups is 1. The zero-order valence-electron chi connectivity index (χ0n) is 8.50. The molecular formula is C11H15ClO2. The van der Waals surface area contributed by atoms with E-state index in [0.29, 0.717) is 0 Å². The molecule has 0 spiro atoms. The molecule has 0 aliphatic carbocycles. The third-order valence-corrected chi connectivity index (χ3v) is 3.77. The van der Waals surface area contributed by atoms with Crippen LogP contribution in [0.2, 0.25) is 0 Å². The van der Waals surface area contributed by atoms with E-state index in [-0.39, 0.29) is 17.8 Å². The summed E-state index contributed by atoms with van der Waals surface area (Å²) in [5.41, 5.74) is -0.562. The Morgan fingerprint density at radius 1 is 1.64 bits per heavy atom. The summed E-state index contributed by atoms with van der Waals surface area (Å²) in [5.74, 6) is 0.117. The molecular weight excluding hydrogens is 200 g/mol. The molecule has 1 fully saturated rings. The van der Waals surface area contributed by atoms with Crippen LogP contribution in [0, 0.1) is 5.92 Å². The lowest BCUT2D eigenvalue weighted by molar-refractivity contribution is -0.144. The van der Waals surface area contributed by atoms with Crippen molar-refractivity contribution < 1.29 is 9.53 Å². The summed E-state index contributed by atoms with van der Waals surface area (Å²) in [6.07, 6.45) is 5.74. The van der Waals surface area contributed by atoms with Crippen LogP contribution in [0.5, 0.6) is 0 Å². The summed E-state index contributed by atoms with van der Waals surface area (Å²) in [6.45, 7) is 3.95. The van der Waals surface area contributed by atoms with E-state index < -0.39 is 11.0 Å². The molecule has 0 aromatic carbocycles. The number of rotatable bonds is 2. The highest BCUT2D eigenvalue weighted by Gasteiger charge is 2.51. The Balaban J connectivity index is 2.25.